The van der Waals surface area contributed by atoms with Gasteiger partial charge in [0.1, 0.15) is 6.61 Å². The summed E-state index contributed by atoms with van der Waals surface area (Å²) in [7, 11) is -4.39. The van der Waals surface area contributed by atoms with Crippen molar-refractivity contribution in [2.45, 2.75) is 174 Å². The highest BCUT2D eigenvalue weighted by Gasteiger charge is 2.26. The van der Waals surface area contributed by atoms with Gasteiger partial charge in [0.05, 0.1) is 13.2 Å². The zero-order valence-electron chi connectivity index (χ0n) is 35.8. The van der Waals surface area contributed by atoms with Gasteiger partial charge in [0.2, 0.25) is 0 Å². The Morgan fingerprint density at radius 3 is 1.46 bits per heavy atom. The standard InChI is InChI=1S/C47H80NO8P/c1-3-5-7-9-11-13-15-17-19-21-22-24-26-28-30-32-34-36-38-40-47(50)56-45(44-55-57(51,52)54-42-41-48)43-53-46(49)39-37-35-33-31-29-27-25-23-20-18-16-14-12-10-8-6-4-2/h5,7,11-14,17-20,22,24,28,30,45H,3-4,6,8-10,15-16,21,23,25-27,29,31-44,48H2,1-2H3,(H,51,52)/b7-5-,13-11-,14-12-,19-17-,20-18-,24-22-,30-28-/t45-/m1/s1. The largest absolute Gasteiger partial charge is 0.472 e. The van der Waals surface area contributed by atoms with Crippen LogP contribution >= 0.6 is 7.82 Å². The Labute approximate surface area is 347 Å². The van der Waals surface area contributed by atoms with Crippen LogP contribution in [0, 0.1) is 0 Å². The minimum absolute atomic E-state index is 0.0419. The highest BCUT2D eigenvalue weighted by molar-refractivity contribution is 7.47. The molecule has 9 nitrogen and oxygen atoms in total. The first-order chi connectivity index (χ1) is 27.8. The lowest BCUT2D eigenvalue weighted by Crippen LogP contribution is -2.29. The molecule has 0 fully saturated rings. The molecular weight excluding hydrogens is 737 g/mol. The number of rotatable bonds is 40. The van der Waals surface area contributed by atoms with Crippen molar-refractivity contribution in [1.29, 1.82) is 0 Å². The number of nitrogens with two attached hydrogens (primary N) is 1. The van der Waals surface area contributed by atoms with E-state index in [4.69, 9.17) is 24.3 Å². The van der Waals surface area contributed by atoms with Crippen molar-refractivity contribution < 1.29 is 37.6 Å². The van der Waals surface area contributed by atoms with Gasteiger partial charge in [0.25, 0.3) is 0 Å². The van der Waals surface area contributed by atoms with Crippen molar-refractivity contribution in [3.63, 3.8) is 0 Å². The number of phosphoric acid groups is 1. The van der Waals surface area contributed by atoms with Crippen LogP contribution in [0.25, 0.3) is 0 Å². The molecule has 2 atom stereocenters. The maximum Gasteiger partial charge on any atom is 0.472 e. The number of esters is 2. The number of allylic oxidation sites excluding steroid dienone is 14. The first-order valence-corrected chi connectivity index (χ1v) is 23.6. The second kappa shape index (κ2) is 42.8. The summed E-state index contributed by atoms with van der Waals surface area (Å²) in [6.45, 7) is 3.53. The van der Waals surface area contributed by atoms with Gasteiger partial charge in [-0.25, -0.2) is 4.57 Å². The van der Waals surface area contributed by atoms with Crippen molar-refractivity contribution in [2.75, 3.05) is 26.4 Å². The van der Waals surface area contributed by atoms with E-state index in [1.165, 1.54) is 44.9 Å². The normalized spacial score (nSPS) is 14.1. The number of carbonyl (C=O) groups is 2. The highest BCUT2D eigenvalue weighted by atomic mass is 31.2. The number of ether oxygens (including phenoxy) is 2. The molecule has 0 aliphatic rings. The summed E-state index contributed by atoms with van der Waals surface area (Å²) in [6.07, 6.45) is 53.2. The lowest BCUT2D eigenvalue weighted by atomic mass is 10.1. The summed E-state index contributed by atoms with van der Waals surface area (Å²) in [5.74, 6) is -0.883. The third-order valence-corrected chi connectivity index (χ3v) is 9.75. The summed E-state index contributed by atoms with van der Waals surface area (Å²) in [5, 5.41) is 0. The van der Waals surface area contributed by atoms with Gasteiger partial charge in [0, 0.05) is 19.4 Å². The topological polar surface area (TPSA) is 134 Å². The van der Waals surface area contributed by atoms with Crippen LogP contribution in [0.15, 0.2) is 85.1 Å². The Hall–Kier alpha value is -2.81. The van der Waals surface area contributed by atoms with E-state index in [1.54, 1.807) is 0 Å². The molecule has 0 bridgehead atoms. The maximum absolute atomic E-state index is 12.6. The van der Waals surface area contributed by atoms with Crippen molar-refractivity contribution in [1.82, 2.24) is 0 Å². The third-order valence-electron chi connectivity index (χ3n) is 8.77. The molecule has 0 radical (unpaired) electrons. The molecule has 0 aliphatic carbocycles. The van der Waals surface area contributed by atoms with E-state index in [9.17, 15) is 19.0 Å². The van der Waals surface area contributed by atoms with Crippen LogP contribution in [0.1, 0.15) is 168 Å². The fourth-order valence-electron chi connectivity index (χ4n) is 5.51. The van der Waals surface area contributed by atoms with E-state index in [-0.39, 0.29) is 32.6 Å². The first kappa shape index (κ1) is 54.2. The SMILES string of the molecule is CC/C=C\C/C=C\C/C=C\C/C=C\C/C=C\CCCCCC(=O)O[C@H](COC(=O)CCCCCCCCC/C=C\C/C=C\CCCCC)COP(=O)(O)OCCN. The van der Waals surface area contributed by atoms with E-state index >= 15 is 0 Å². The van der Waals surface area contributed by atoms with Crippen LogP contribution in [-0.2, 0) is 32.7 Å². The smallest absolute Gasteiger partial charge is 0.462 e. The van der Waals surface area contributed by atoms with Gasteiger partial charge in [-0.05, 0) is 89.9 Å². The number of hydrogen-bond acceptors (Lipinski definition) is 8. The van der Waals surface area contributed by atoms with Crippen LogP contribution in [0.3, 0.4) is 0 Å². The predicted octanol–water partition coefficient (Wildman–Crippen LogP) is 12.8. The Bertz CT molecular complexity index is 1210. The third kappa shape index (κ3) is 42.6. The fourth-order valence-corrected chi connectivity index (χ4v) is 6.28. The van der Waals surface area contributed by atoms with Crippen LogP contribution in [0.5, 0.6) is 0 Å². The molecule has 1 unspecified atom stereocenters. The van der Waals surface area contributed by atoms with Gasteiger partial charge in [0.15, 0.2) is 6.10 Å². The monoisotopic (exact) mass is 818 g/mol. The molecule has 0 amide bonds. The summed E-state index contributed by atoms with van der Waals surface area (Å²) in [5.41, 5.74) is 5.35. The van der Waals surface area contributed by atoms with Gasteiger partial charge in [-0.2, -0.15) is 0 Å². The maximum atomic E-state index is 12.6. The Kier molecular flexibility index (Phi) is 40.7. The zero-order chi connectivity index (χ0) is 41.8. The van der Waals surface area contributed by atoms with Gasteiger partial charge in [-0.15, -0.1) is 0 Å². The quantitative estimate of drug-likeness (QED) is 0.0268. The second-order valence-electron chi connectivity index (χ2n) is 14.2. The average molecular weight is 818 g/mol. The lowest BCUT2D eigenvalue weighted by molar-refractivity contribution is -0.161. The highest BCUT2D eigenvalue weighted by Crippen LogP contribution is 2.43. The lowest BCUT2D eigenvalue weighted by Gasteiger charge is -2.19. The Morgan fingerprint density at radius 2 is 0.965 bits per heavy atom. The van der Waals surface area contributed by atoms with Crippen LogP contribution in [0.2, 0.25) is 0 Å². The molecule has 0 aromatic rings. The summed E-state index contributed by atoms with van der Waals surface area (Å²) >= 11 is 0. The Balaban J connectivity index is 4.25. The number of unbranched alkanes of at least 4 members (excludes halogenated alkanes) is 13. The molecule has 0 spiro atoms. The van der Waals surface area contributed by atoms with Gasteiger partial charge >= 0.3 is 19.8 Å². The number of hydrogen-bond donors (Lipinski definition) is 2. The molecule has 0 rings (SSSR count). The van der Waals surface area contributed by atoms with Crippen LogP contribution < -0.4 is 5.73 Å². The van der Waals surface area contributed by atoms with E-state index < -0.39 is 32.5 Å². The molecule has 0 aromatic heterocycles. The van der Waals surface area contributed by atoms with E-state index in [2.05, 4.69) is 98.9 Å². The second-order valence-corrected chi connectivity index (χ2v) is 15.6. The first-order valence-electron chi connectivity index (χ1n) is 22.1. The molecule has 0 saturated heterocycles. The fraction of sp³-hybridized carbons (Fsp3) is 0.660. The molecule has 0 aliphatic heterocycles. The number of carbonyl (C=O) groups excluding carboxylic acids is 2. The molecule has 3 N–H and O–H groups in total. The predicted molar refractivity (Wildman–Crippen MR) is 238 cm³/mol. The minimum Gasteiger partial charge on any atom is -0.462 e. The molecule has 10 heteroatoms. The van der Waals surface area contributed by atoms with Crippen LogP contribution in [0.4, 0.5) is 0 Å². The minimum atomic E-state index is -4.39. The summed E-state index contributed by atoms with van der Waals surface area (Å²) in [4.78, 5) is 34.9. The van der Waals surface area contributed by atoms with Gasteiger partial charge < -0.3 is 20.1 Å². The average Bonchev–Trinajstić information content (AvgIpc) is 3.20. The molecule has 57 heavy (non-hydrogen) atoms. The summed E-state index contributed by atoms with van der Waals surface area (Å²) in [6, 6.07) is 0. The molecule has 0 heterocycles. The van der Waals surface area contributed by atoms with Crippen molar-refractivity contribution in [3.05, 3.63) is 85.1 Å². The van der Waals surface area contributed by atoms with Crippen molar-refractivity contribution >= 4 is 19.8 Å². The van der Waals surface area contributed by atoms with E-state index in [1.807, 2.05) is 0 Å². The van der Waals surface area contributed by atoms with Crippen molar-refractivity contribution in [3.8, 4) is 0 Å². The van der Waals surface area contributed by atoms with Gasteiger partial charge in [-0.1, -0.05) is 150 Å². The molecule has 0 saturated carbocycles. The van der Waals surface area contributed by atoms with Crippen LogP contribution in [-0.4, -0.2) is 49.3 Å². The molecule has 0 aromatic carbocycles. The number of phosphoric ester groups is 1. The molecular formula is C47H80NO8P. The Morgan fingerprint density at radius 1 is 0.544 bits per heavy atom. The van der Waals surface area contributed by atoms with E-state index in [0.717, 1.165) is 83.5 Å². The van der Waals surface area contributed by atoms with Gasteiger partial charge in [-0.3, -0.25) is 18.6 Å². The summed E-state index contributed by atoms with van der Waals surface area (Å²) < 4.78 is 32.8. The zero-order valence-corrected chi connectivity index (χ0v) is 36.7. The van der Waals surface area contributed by atoms with Crippen molar-refractivity contribution in [2.24, 2.45) is 5.73 Å². The molecule has 326 valence electrons. The van der Waals surface area contributed by atoms with E-state index in [0.29, 0.717) is 12.8 Å².